The number of para-hydroxylation sites is 2. The van der Waals surface area contributed by atoms with Gasteiger partial charge in [0.1, 0.15) is 5.82 Å². The van der Waals surface area contributed by atoms with E-state index in [1.54, 1.807) is 0 Å². The van der Waals surface area contributed by atoms with Gasteiger partial charge < -0.3 is 14.6 Å². The number of aromatic nitrogens is 2. The van der Waals surface area contributed by atoms with Gasteiger partial charge in [0.2, 0.25) is 0 Å². The number of hydrogen-bond acceptors (Lipinski definition) is 3. The van der Waals surface area contributed by atoms with E-state index in [0.717, 1.165) is 43.9 Å². The minimum Gasteiger partial charge on any atom is -0.396 e. The van der Waals surface area contributed by atoms with Crippen molar-refractivity contribution < 1.29 is 5.11 Å². The van der Waals surface area contributed by atoms with Gasteiger partial charge >= 0.3 is 0 Å². The zero-order chi connectivity index (χ0) is 14.9. The van der Waals surface area contributed by atoms with Crippen LogP contribution in [0, 0.1) is 12.3 Å². The maximum absolute atomic E-state index is 9.56. The fourth-order valence-corrected chi connectivity index (χ4v) is 3.47. The number of rotatable bonds is 4. The molecule has 114 valence electrons. The molecule has 0 bridgehead atoms. The molecule has 0 saturated carbocycles. The molecule has 2 heterocycles. The van der Waals surface area contributed by atoms with Crippen molar-refractivity contribution in [3.05, 3.63) is 30.1 Å². The Morgan fingerprint density at radius 2 is 2.10 bits per heavy atom. The van der Waals surface area contributed by atoms with Gasteiger partial charge in [-0.05, 0) is 38.4 Å². The van der Waals surface area contributed by atoms with E-state index in [-0.39, 0.29) is 12.0 Å². The van der Waals surface area contributed by atoms with Crippen LogP contribution in [-0.2, 0) is 6.54 Å². The van der Waals surface area contributed by atoms with Crippen molar-refractivity contribution in [2.24, 2.45) is 5.41 Å². The molecule has 1 saturated heterocycles. The minimum atomic E-state index is 0.0737. The second-order valence-electron chi connectivity index (χ2n) is 6.65. The highest BCUT2D eigenvalue weighted by atomic mass is 16.3. The Bertz CT molecular complexity index is 622. The molecular formula is C17H25N3O. The van der Waals surface area contributed by atoms with Gasteiger partial charge in [0.25, 0.3) is 0 Å². The molecule has 0 radical (unpaired) electrons. The lowest BCUT2D eigenvalue weighted by Crippen LogP contribution is -2.44. The third-order valence-electron chi connectivity index (χ3n) is 4.73. The van der Waals surface area contributed by atoms with Crippen LogP contribution in [0.1, 0.15) is 25.6 Å². The predicted octanol–water partition coefficient (Wildman–Crippen LogP) is 2.44. The number of aliphatic hydroxyl groups excluding tert-OH is 1. The van der Waals surface area contributed by atoms with E-state index >= 15 is 0 Å². The lowest BCUT2D eigenvalue weighted by molar-refractivity contribution is 0.0452. The fourth-order valence-electron chi connectivity index (χ4n) is 3.47. The normalized spacial score (nSPS) is 23.8. The summed E-state index contributed by atoms with van der Waals surface area (Å²) in [5, 5.41) is 9.56. The van der Waals surface area contributed by atoms with Crippen LogP contribution in [0.5, 0.6) is 0 Å². The van der Waals surface area contributed by atoms with Gasteiger partial charge in [0, 0.05) is 31.7 Å². The third kappa shape index (κ3) is 2.97. The fraction of sp³-hybridized carbons (Fsp3) is 0.588. The van der Waals surface area contributed by atoms with E-state index < -0.39 is 0 Å². The molecule has 3 rings (SSSR count). The van der Waals surface area contributed by atoms with E-state index in [1.807, 2.05) is 6.07 Å². The summed E-state index contributed by atoms with van der Waals surface area (Å²) in [6, 6.07) is 8.33. The smallest absolute Gasteiger partial charge is 0.106 e. The number of nitrogens with zero attached hydrogens (tertiary/aromatic N) is 3. The Morgan fingerprint density at radius 3 is 2.90 bits per heavy atom. The summed E-state index contributed by atoms with van der Waals surface area (Å²) in [6.45, 7) is 8.68. The number of fused-ring (bicyclic) bond motifs is 1. The first kappa shape index (κ1) is 14.5. The molecule has 1 aliphatic heterocycles. The summed E-state index contributed by atoms with van der Waals surface area (Å²) in [5.41, 5.74) is 2.37. The Kier molecular flexibility index (Phi) is 4.00. The molecule has 1 aromatic carbocycles. The van der Waals surface area contributed by atoms with E-state index in [1.165, 1.54) is 11.9 Å². The summed E-state index contributed by atoms with van der Waals surface area (Å²) in [4.78, 5) is 7.11. The van der Waals surface area contributed by atoms with Crippen LogP contribution in [0.15, 0.2) is 24.3 Å². The summed E-state index contributed by atoms with van der Waals surface area (Å²) < 4.78 is 2.31. The molecule has 0 amide bonds. The number of hydrogen-bond donors (Lipinski definition) is 1. The summed E-state index contributed by atoms with van der Waals surface area (Å²) in [7, 11) is 0. The van der Waals surface area contributed by atoms with Crippen molar-refractivity contribution in [3.63, 3.8) is 0 Å². The average molecular weight is 287 g/mol. The molecule has 0 spiro atoms. The van der Waals surface area contributed by atoms with E-state index in [4.69, 9.17) is 0 Å². The second kappa shape index (κ2) is 5.78. The van der Waals surface area contributed by atoms with Crippen LogP contribution in [0.4, 0.5) is 0 Å². The lowest BCUT2D eigenvalue weighted by atomic mass is 9.83. The van der Waals surface area contributed by atoms with Crippen LogP contribution >= 0.6 is 0 Å². The van der Waals surface area contributed by atoms with Crippen LogP contribution in [-0.4, -0.2) is 45.8 Å². The number of likely N-dealkylation sites (tertiary alicyclic amines) is 1. The standard InChI is InChI=1S/C17H25N3O/c1-14-18-15-6-3-4-7-16(15)20(14)11-10-19-9-5-8-17(2,12-19)13-21/h3-4,6-7,21H,5,8-13H2,1-2H3. The van der Waals surface area contributed by atoms with Gasteiger partial charge in [-0.3, -0.25) is 0 Å². The van der Waals surface area contributed by atoms with Crippen molar-refractivity contribution in [1.29, 1.82) is 0 Å². The number of imidazole rings is 1. The van der Waals surface area contributed by atoms with E-state index in [0.29, 0.717) is 0 Å². The lowest BCUT2D eigenvalue weighted by Gasteiger charge is -2.39. The molecule has 1 unspecified atom stereocenters. The van der Waals surface area contributed by atoms with E-state index in [2.05, 4.69) is 46.5 Å². The van der Waals surface area contributed by atoms with Gasteiger partial charge in [0.05, 0.1) is 11.0 Å². The largest absolute Gasteiger partial charge is 0.396 e. The number of benzene rings is 1. The highest BCUT2D eigenvalue weighted by molar-refractivity contribution is 5.75. The number of aryl methyl sites for hydroxylation is 1. The van der Waals surface area contributed by atoms with E-state index in [9.17, 15) is 5.11 Å². The van der Waals surface area contributed by atoms with Gasteiger partial charge in [-0.15, -0.1) is 0 Å². The number of piperidine rings is 1. The predicted molar refractivity (Wildman–Crippen MR) is 85.3 cm³/mol. The zero-order valence-corrected chi connectivity index (χ0v) is 13.0. The maximum atomic E-state index is 9.56. The van der Waals surface area contributed by atoms with Gasteiger partial charge in [-0.1, -0.05) is 19.1 Å². The van der Waals surface area contributed by atoms with Gasteiger partial charge in [-0.2, -0.15) is 0 Å². The van der Waals surface area contributed by atoms with Crippen LogP contribution in [0.3, 0.4) is 0 Å². The molecule has 1 fully saturated rings. The van der Waals surface area contributed by atoms with Crippen LogP contribution in [0.2, 0.25) is 0 Å². The second-order valence-corrected chi connectivity index (χ2v) is 6.65. The molecule has 4 heteroatoms. The Balaban J connectivity index is 1.70. The maximum Gasteiger partial charge on any atom is 0.106 e. The first-order valence-electron chi connectivity index (χ1n) is 7.86. The molecule has 0 aliphatic carbocycles. The van der Waals surface area contributed by atoms with Crippen molar-refractivity contribution >= 4 is 11.0 Å². The topological polar surface area (TPSA) is 41.3 Å². The molecule has 1 aromatic heterocycles. The van der Waals surface area contributed by atoms with Gasteiger partial charge in [0.15, 0.2) is 0 Å². The zero-order valence-electron chi connectivity index (χ0n) is 13.0. The Labute approximate surface area is 126 Å². The average Bonchev–Trinajstić information content (AvgIpc) is 2.81. The monoisotopic (exact) mass is 287 g/mol. The minimum absolute atomic E-state index is 0.0737. The van der Waals surface area contributed by atoms with Gasteiger partial charge in [-0.25, -0.2) is 4.98 Å². The van der Waals surface area contributed by atoms with Crippen molar-refractivity contribution in [1.82, 2.24) is 14.5 Å². The first-order chi connectivity index (χ1) is 10.1. The SMILES string of the molecule is Cc1nc2ccccc2n1CCN1CCCC(C)(CO)C1. The number of aliphatic hydroxyl groups is 1. The summed E-state index contributed by atoms with van der Waals surface area (Å²) in [5.74, 6) is 1.08. The molecule has 1 N–H and O–H groups in total. The molecular weight excluding hydrogens is 262 g/mol. The molecule has 1 atom stereocenters. The molecule has 2 aromatic rings. The first-order valence-corrected chi connectivity index (χ1v) is 7.86. The van der Waals surface area contributed by atoms with Crippen molar-refractivity contribution in [3.8, 4) is 0 Å². The summed E-state index contributed by atoms with van der Waals surface area (Å²) >= 11 is 0. The highest BCUT2D eigenvalue weighted by Crippen LogP contribution is 2.28. The Morgan fingerprint density at radius 1 is 1.29 bits per heavy atom. The van der Waals surface area contributed by atoms with Crippen molar-refractivity contribution in [2.45, 2.75) is 33.2 Å². The molecule has 4 nitrogen and oxygen atoms in total. The molecule has 21 heavy (non-hydrogen) atoms. The van der Waals surface area contributed by atoms with Crippen LogP contribution in [0.25, 0.3) is 11.0 Å². The highest BCUT2D eigenvalue weighted by Gasteiger charge is 2.30. The van der Waals surface area contributed by atoms with Crippen LogP contribution < -0.4 is 0 Å². The van der Waals surface area contributed by atoms with Crippen molar-refractivity contribution in [2.75, 3.05) is 26.2 Å². The summed E-state index contributed by atoms with van der Waals surface area (Å²) in [6.07, 6.45) is 2.31. The quantitative estimate of drug-likeness (QED) is 0.939. The Hall–Kier alpha value is -1.39. The third-order valence-corrected chi connectivity index (χ3v) is 4.73. The molecule has 1 aliphatic rings.